The second-order valence-corrected chi connectivity index (χ2v) is 7.93. The minimum Gasteiger partial charge on any atom is -0.467 e. The Labute approximate surface area is 158 Å². The van der Waals surface area contributed by atoms with Crippen molar-refractivity contribution < 1.29 is 13.2 Å². The Bertz CT molecular complexity index is 1010. The van der Waals surface area contributed by atoms with Crippen molar-refractivity contribution in [3.8, 4) is 5.88 Å². The van der Waals surface area contributed by atoms with Gasteiger partial charge in [-0.05, 0) is 31.0 Å². The van der Waals surface area contributed by atoms with E-state index in [2.05, 4.69) is 19.7 Å². The maximum absolute atomic E-state index is 12.3. The number of fused-ring (bicyclic) bond motifs is 1. The molecule has 1 N–H and O–H groups in total. The number of nitrogens with zero attached hydrogens (tertiary/aromatic N) is 3. The first kappa shape index (κ1) is 19.0. The monoisotopic (exact) mass is 386 g/mol. The second kappa shape index (κ2) is 8.30. The lowest BCUT2D eigenvalue weighted by Crippen LogP contribution is -2.19. The predicted molar refractivity (Wildman–Crippen MR) is 105 cm³/mol. The first-order valence-corrected chi connectivity index (χ1v) is 10.5. The largest absolute Gasteiger partial charge is 0.467 e. The summed E-state index contributed by atoms with van der Waals surface area (Å²) in [6.45, 7) is 3.78. The van der Waals surface area contributed by atoms with Crippen LogP contribution < -0.4 is 9.46 Å². The molecule has 142 valence electrons. The molecular weight excluding hydrogens is 364 g/mol. The van der Waals surface area contributed by atoms with Gasteiger partial charge in [0, 0.05) is 18.0 Å². The zero-order chi connectivity index (χ0) is 19.3. The maximum Gasteiger partial charge on any atom is 0.259 e. The summed E-state index contributed by atoms with van der Waals surface area (Å²) in [5, 5.41) is 0. The number of benzene rings is 1. The molecule has 0 saturated heterocycles. The van der Waals surface area contributed by atoms with E-state index in [9.17, 15) is 8.42 Å². The quantitative estimate of drug-likeness (QED) is 0.634. The van der Waals surface area contributed by atoms with E-state index >= 15 is 0 Å². The zero-order valence-electron chi connectivity index (χ0n) is 15.3. The summed E-state index contributed by atoms with van der Waals surface area (Å²) in [6, 6.07) is 11.0. The summed E-state index contributed by atoms with van der Waals surface area (Å²) in [5.74, 6) is 0.259. The summed E-state index contributed by atoms with van der Waals surface area (Å²) in [5.41, 5.74) is 2.11. The molecule has 0 aliphatic rings. The minimum absolute atomic E-state index is 0.000752. The zero-order valence-corrected chi connectivity index (χ0v) is 16.1. The number of para-hydroxylation sites is 2. The van der Waals surface area contributed by atoms with E-state index in [1.807, 2.05) is 37.3 Å². The van der Waals surface area contributed by atoms with Crippen molar-refractivity contribution in [1.82, 2.24) is 15.0 Å². The van der Waals surface area contributed by atoms with Crippen LogP contribution in [-0.4, -0.2) is 29.1 Å². The van der Waals surface area contributed by atoms with Crippen LogP contribution in [0.4, 0.5) is 5.82 Å². The topological polar surface area (TPSA) is 94.1 Å². The molecule has 0 saturated carbocycles. The van der Waals surface area contributed by atoms with Gasteiger partial charge in [-0.15, -0.1) is 0 Å². The van der Waals surface area contributed by atoms with Crippen molar-refractivity contribution in [2.75, 3.05) is 10.5 Å². The van der Waals surface area contributed by atoms with Crippen molar-refractivity contribution in [1.29, 1.82) is 0 Å². The number of hydrogen-bond acceptors (Lipinski definition) is 6. The smallest absolute Gasteiger partial charge is 0.259 e. The highest BCUT2D eigenvalue weighted by atomic mass is 32.2. The van der Waals surface area contributed by atoms with E-state index in [-0.39, 0.29) is 23.6 Å². The van der Waals surface area contributed by atoms with Crippen LogP contribution in [0, 0.1) is 0 Å². The molecule has 0 amide bonds. The maximum atomic E-state index is 12.3. The van der Waals surface area contributed by atoms with Crippen molar-refractivity contribution >= 4 is 26.9 Å². The fraction of sp³-hybridized carbons (Fsp3) is 0.316. The van der Waals surface area contributed by atoms with Crippen molar-refractivity contribution in [2.24, 2.45) is 0 Å². The predicted octanol–water partition coefficient (Wildman–Crippen LogP) is 3.71. The average Bonchev–Trinajstić information content (AvgIpc) is 2.66. The number of ether oxygens (including phenoxy) is 1. The highest BCUT2D eigenvalue weighted by molar-refractivity contribution is 7.92. The number of pyridine rings is 1. The molecule has 1 unspecified atom stereocenters. The minimum atomic E-state index is -3.53. The van der Waals surface area contributed by atoms with Crippen molar-refractivity contribution in [3.63, 3.8) is 0 Å². The normalized spacial score (nSPS) is 12.7. The Hall–Kier alpha value is -2.74. The summed E-state index contributed by atoms with van der Waals surface area (Å²) < 4.78 is 33.1. The molecule has 0 bridgehead atoms. The lowest BCUT2D eigenvalue weighted by molar-refractivity contribution is 0.194. The van der Waals surface area contributed by atoms with Crippen molar-refractivity contribution in [3.05, 3.63) is 54.4 Å². The van der Waals surface area contributed by atoms with Crippen LogP contribution in [0.15, 0.2) is 48.8 Å². The van der Waals surface area contributed by atoms with Gasteiger partial charge in [0.25, 0.3) is 5.88 Å². The van der Waals surface area contributed by atoms with Gasteiger partial charge in [-0.3, -0.25) is 9.71 Å². The fourth-order valence-electron chi connectivity index (χ4n) is 2.69. The Morgan fingerprint density at radius 3 is 2.44 bits per heavy atom. The fourth-order valence-corrected chi connectivity index (χ4v) is 3.75. The number of aromatic nitrogens is 3. The van der Waals surface area contributed by atoms with Crippen LogP contribution in [-0.2, 0) is 10.0 Å². The number of sulfonamides is 1. The summed E-state index contributed by atoms with van der Waals surface area (Å²) in [7, 11) is -3.53. The standard InChI is InChI=1S/C19H22N4O3S/c1-3-12-27(24,25)23-18-19(22-16-10-6-5-9-15(16)21-18)26-17(4-2)14-8-7-11-20-13-14/h5-11,13,17H,3-4,12H2,1-2H3,(H,21,23). The van der Waals surface area contributed by atoms with Gasteiger partial charge in [-0.2, -0.15) is 0 Å². The summed E-state index contributed by atoms with van der Waals surface area (Å²) in [4.78, 5) is 13.1. The first-order chi connectivity index (χ1) is 13.0. The van der Waals surface area contributed by atoms with Crippen LogP contribution in [0.1, 0.15) is 38.4 Å². The number of nitrogens with one attached hydrogen (secondary N) is 1. The second-order valence-electron chi connectivity index (χ2n) is 6.09. The third-order valence-corrected chi connectivity index (χ3v) is 5.39. The van der Waals surface area contributed by atoms with Gasteiger partial charge in [0.15, 0.2) is 0 Å². The molecule has 0 spiro atoms. The van der Waals surface area contributed by atoms with Crippen LogP contribution >= 0.6 is 0 Å². The Morgan fingerprint density at radius 1 is 1.07 bits per heavy atom. The molecule has 0 aliphatic heterocycles. The van der Waals surface area contributed by atoms with Gasteiger partial charge in [0.05, 0.1) is 16.8 Å². The molecule has 8 heteroatoms. The van der Waals surface area contributed by atoms with E-state index in [1.165, 1.54) is 0 Å². The van der Waals surface area contributed by atoms with Crippen LogP contribution in [0.25, 0.3) is 11.0 Å². The lowest BCUT2D eigenvalue weighted by Gasteiger charge is -2.19. The first-order valence-electron chi connectivity index (χ1n) is 8.86. The molecule has 3 rings (SSSR count). The van der Waals surface area contributed by atoms with E-state index < -0.39 is 10.0 Å². The SMILES string of the molecule is CCCS(=O)(=O)Nc1nc2ccccc2nc1OC(CC)c1cccnc1. The highest BCUT2D eigenvalue weighted by Crippen LogP contribution is 2.30. The lowest BCUT2D eigenvalue weighted by atomic mass is 10.1. The molecule has 2 aromatic heterocycles. The third kappa shape index (κ3) is 4.71. The molecule has 0 aliphatic carbocycles. The Balaban J connectivity index is 2.02. The van der Waals surface area contributed by atoms with Gasteiger partial charge < -0.3 is 4.74 Å². The average molecular weight is 386 g/mol. The van der Waals surface area contributed by atoms with Gasteiger partial charge in [-0.25, -0.2) is 18.4 Å². The molecule has 27 heavy (non-hydrogen) atoms. The van der Waals surface area contributed by atoms with Crippen molar-refractivity contribution in [2.45, 2.75) is 32.8 Å². The molecule has 2 heterocycles. The summed E-state index contributed by atoms with van der Waals surface area (Å²) >= 11 is 0. The van der Waals surface area contributed by atoms with Gasteiger partial charge in [0.1, 0.15) is 6.10 Å². The highest BCUT2D eigenvalue weighted by Gasteiger charge is 2.20. The molecular formula is C19H22N4O3S. The summed E-state index contributed by atoms with van der Waals surface area (Å²) in [6.07, 6.45) is 4.27. The molecule has 7 nitrogen and oxygen atoms in total. The number of rotatable bonds is 8. The van der Waals surface area contributed by atoms with Gasteiger partial charge in [-0.1, -0.05) is 32.0 Å². The molecule has 1 aromatic carbocycles. The Morgan fingerprint density at radius 2 is 1.81 bits per heavy atom. The van der Waals surface area contributed by atoms with E-state index in [0.717, 1.165) is 5.56 Å². The third-order valence-electron chi connectivity index (χ3n) is 3.94. The molecule has 1 atom stereocenters. The molecule has 3 aromatic rings. The Kier molecular flexibility index (Phi) is 5.85. The van der Waals surface area contributed by atoms with Crippen LogP contribution in [0.5, 0.6) is 5.88 Å². The van der Waals surface area contributed by atoms with Gasteiger partial charge in [0.2, 0.25) is 15.8 Å². The van der Waals surface area contributed by atoms with E-state index in [4.69, 9.17) is 4.74 Å². The number of hydrogen-bond donors (Lipinski definition) is 1. The number of anilines is 1. The molecule has 0 radical (unpaired) electrons. The van der Waals surface area contributed by atoms with Crippen LogP contribution in [0.2, 0.25) is 0 Å². The van der Waals surface area contributed by atoms with Crippen LogP contribution in [0.3, 0.4) is 0 Å². The molecule has 0 fully saturated rings. The van der Waals surface area contributed by atoms with E-state index in [0.29, 0.717) is 23.9 Å². The van der Waals surface area contributed by atoms with E-state index in [1.54, 1.807) is 25.4 Å². The van der Waals surface area contributed by atoms with Gasteiger partial charge >= 0.3 is 0 Å².